The first kappa shape index (κ1) is 24.9. The molecule has 4 aromatic carbocycles. The molecule has 0 aliphatic heterocycles. The zero-order valence-corrected chi connectivity index (χ0v) is 23.3. The number of hydrogen-bond donors (Lipinski definition) is 0. The molecule has 0 fully saturated rings. The Hall–Kier alpha value is -5.87. The molecule has 0 spiro atoms. The van der Waals surface area contributed by atoms with Gasteiger partial charge in [0.05, 0.1) is 28.1 Å². The van der Waals surface area contributed by atoms with Gasteiger partial charge in [-0.3, -0.25) is 9.97 Å². The Kier molecular flexibility index (Phi) is 6.08. The highest BCUT2D eigenvalue weighted by atomic mass is 15.0. The van der Waals surface area contributed by atoms with Gasteiger partial charge in [0.2, 0.25) is 0 Å². The molecule has 0 unspecified atom stereocenters. The van der Waals surface area contributed by atoms with Crippen molar-refractivity contribution in [2.75, 3.05) is 0 Å². The van der Waals surface area contributed by atoms with Crippen molar-refractivity contribution in [1.29, 1.82) is 0 Å². The zero-order valence-electron chi connectivity index (χ0n) is 23.3. The van der Waals surface area contributed by atoms with Crippen molar-refractivity contribution in [1.82, 2.24) is 19.5 Å². The van der Waals surface area contributed by atoms with Crippen molar-refractivity contribution in [3.63, 3.8) is 0 Å². The summed E-state index contributed by atoms with van der Waals surface area (Å²) < 4.78 is 2.32. The van der Waals surface area contributed by atoms with Crippen molar-refractivity contribution in [3.8, 4) is 50.6 Å². The lowest BCUT2D eigenvalue weighted by molar-refractivity contribution is 1.17. The van der Waals surface area contributed by atoms with Crippen LogP contribution >= 0.6 is 0 Å². The maximum atomic E-state index is 5.11. The fourth-order valence-corrected chi connectivity index (χ4v) is 5.90. The Morgan fingerprint density at radius 3 is 2.02 bits per heavy atom. The third kappa shape index (κ3) is 4.55. The second kappa shape index (κ2) is 10.5. The van der Waals surface area contributed by atoms with Crippen molar-refractivity contribution in [2.45, 2.75) is 0 Å². The van der Waals surface area contributed by atoms with E-state index < -0.39 is 0 Å². The van der Waals surface area contributed by atoms with Gasteiger partial charge in [-0.1, -0.05) is 84.9 Å². The molecule has 0 bridgehead atoms. The van der Waals surface area contributed by atoms with Crippen LogP contribution in [-0.4, -0.2) is 19.5 Å². The van der Waals surface area contributed by atoms with Gasteiger partial charge < -0.3 is 4.57 Å². The van der Waals surface area contributed by atoms with E-state index in [-0.39, 0.29) is 0 Å². The van der Waals surface area contributed by atoms with Gasteiger partial charge in [0.25, 0.3) is 0 Å². The first-order chi connectivity index (χ1) is 21.3. The van der Waals surface area contributed by atoms with Crippen molar-refractivity contribution < 1.29 is 0 Å². The Morgan fingerprint density at radius 1 is 0.419 bits per heavy atom. The summed E-state index contributed by atoms with van der Waals surface area (Å²) in [6, 6.07) is 48.6. The van der Waals surface area contributed by atoms with E-state index in [1.807, 2.05) is 42.9 Å². The van der Waals surface area contributed by atoms with Crippen LogP contribution in [0.15, 0.2) is 158 Å². The Morgan fingerprint density at radius 2 is 1.14 bits per heavy atom. The van der Waals surface area contributed by atoms with Gasteiger partial charge in [-0.2, -0.15) is 0 Å². The molecule has 4 heteroatoms. The minimum atomic E-state index is 0.839. The third-order valence-electron chi connectivity index (χ3n) is 7.93. The zero-order chi connectivity index (χ0) is 28.6. The van der Waals surface area contributed by atoms with Gasteiger partial charge in [0, 0.05) is 40.6 Å². The normalized spacial score (nSPS) is 11.3. The van der Waals surface area contributed by atoms with Gasteiger partial charge in [-0.05, 0) is 76.9 Å². The van der Waals surface area contributed by atoms with Crippen LogP contribution in [0.3, 0.4) is 0 Å². The van der Waals surface area contributed by atoms with E-state index >= 15 is 0 Å². The van der Waals surface area contributed by atoms with E-state index in [4.69, 9.17) is 4.98 Å². The number of aromatic nitrogens is 4. The van der Waals surface area contributed by atoms with Crippen LogP contribution in [0, 0.1) is 0 Å². The SMILES string of the molecule is c1ccc(-c2cccc(-c3cc(-c4cccc(-n5c6ccccc6c6cnccc65)c4)cc(-c4ccccn4)n3)c2)cc1. The van der Waals surface area contributed by atoms with Gasteiger partial charge in [-0.25, -0.2) is 4.98 Å². The predicted octanol–water partition coefficient (Wildman–Crippen LogP) is 9.64. The van der Waals surface area contributed by atoms with Crippen LogP contribution in [0.2, 0.25) is 0 Å². The molecule has 43 heavy (non-hydrogen) atoms. The number of pyridine rings is 3. The topological polar surface area (TPSA) is 43.6 Å². The van der Waals surface area contributed by atoms with Crippen molar-refractivity contribution >= 4 is 21.8 Å². The fraction of sp³-hybridized carbons (Fsp3) is 0. The first-order valence-electron chi connectivity index (χ1n) is 14.4. The standard InChI is InChI=1S/C39H26N4/c1-2-10-27(11-3-1)28-12-8-14-30(22-28)36-24-31(25-37(42-36)35-17-6-7-20-41-35)29-13-9-15-32(23-29)43-38-18-5-4-16-33(38)34-26-40-21-19-39(34)43/h1-26H. The van der Waals surface area contributed by atoms with E-state index in [1.54, 1.807) is 0 Å². The molecular weight excluding hydrogens is 524 g/mol. The largest absolute Gasteiger partial charge is 0.309 e. The summed E-state index contributed by atoms with van der Waals surface area (Å²) in [4.78, 5) is 14.2. The van der Waals surface area contributed by atoms with Gasteiger partial charge in [0.15, 0.2) is 0 Å². The van der Waals surface area contributed by atoms with Crippen LogP contribution in [-0.2, 0) is 0 Å². The molecule has 202 valence electrons. The quantitative estimate of drug-likeness (QED) is 0.214. The van der Waals surface area contributed by atoms with Crippen LogP contribution in [0.1, 0.15) is 0 Å². The third-order valence-corrected chi connectivity index (χ3v) is 7.93. The smallest absolute Gasteiger partial charge is 0.0899 e. The number of nitrogens with zero attached hydrogens (tertiary/aromatic N) is 4. The minimum absolute atomic E-state index is 0.839. The fourth-order valence-electron chi connectivity index (χ4n) is 5.90. The maximum absolute atomic E-state index is 5.11. The average Bonchev–Trinajstić information content (AvgIpc) is 3.43. The molecule has 0 amide bonds. The molecule has 0 saturated heterocycles. The lowest BCUT2D eigenvalue weighted by Gasteiger charge is -2.13. The summed E-state index contributed by atoms with van der Waals surface area (Å²) in [5.74, 6) is 0. The van der Waals surface area contributed by atoms with Crippen LogP contribution in [0.4, 0.5) is 0 Å². The molecule has 0 atom stereocenters. The van der Waals surface area contributed by atoms with Crippen molar-refractivity contribution in [2.24, 2.45) is 0 Å². The Bertz CT molecular complexity index is 2180. The lowest BCUT2D eigenvalue weighted by Crippen LogP contribution is -1.96. The molecule has 0 N–H and O–H groups in total. The summed E-state index contributed by atoms with van der Waals surface area (Å²) in [6.07, 6.45) is 5.63. The Balaban J connectivity index is 1.30. The average molecular weight is 551 g/mol. The van der Waals surface area contributed by atoms with E-state index in [0.717, 1.165) is 61.4 Å². The molecule has 0 aliphatic carbocycles. The summed E-state index contributed by atoms with van der Waals surface area (Å²) >= 11 is 0. The van der Waals surface area contributed by atoms with Crippen LogP contribution in [0.5, 0.6) is 0 Å². The number of hydrogen-bond acceptors (Lipinski definition) is 3. The number of fused-ring (bicyclic) bond motifs is 3. The molecule has 0 saturated carbocycles. The molecule has 4 heterocycles. The highest BCUT2D eigenvalue weighted by molar-refractivity contribution is 6.08. The highest BCUT2D eigenvalue weighted by Crippen LogP contribution is 2.35. The molecule has 8 aromatic rings. The van der Waals surface area contributed by atoms with Gasteiger partial charge in [0.1, 0.15) is 0 Å². The van der Waals surface area contributed by atoms with Crippen molar-refractivity contribution in [3.05, 3.63) is 158 Å². The van der Waals surface area contributed by atoms with E-state index in [2.05, 4.69) is 130 Å². The highest BCUT2D eigenvalue weighted by Gasteiger charge is 2.14. The molecule has 4 nitrogen and oxygen atoms in total. The number of para-hydroxylation sites is 1. The van der Waals surface area contributed by atoms with Crippen LogP contribution < -0.4 is 0 Å². The number of benzene rings is 4. The number of rotatable bonds is 5. The second-order valence-corrected chi connectivity index (χ2v) is 10.6. The monoisotopic (exact) mass is 550 g/mol. The molecular formula is C39H26N4. The van der Waals surface area contributed by atoms with E-state index in [1.165, 1.54) is 10.9 Å². The molecule has 4 aromatic heterocycles. The summed E-state index contributed by atoms with van der Waals surface area (Å²) in [6.45, 7) is 0. The molecule has 0 aliphatic rings. The molecule has 8 rings (SSSR count). The minimum Gasteiger partial charge on any atom is -0.309 e. The van der Waals surface area contributed by atoms with Gasteiger partial charge >= 0.3 is 0 Å². The maximum Gasteiger partial charge on any atom is 0.0899 e. The van der Waals surface area contributed by atoms with Crippen LogP contribution in [0.25, 0.3) is 72.4 Å². The van der Waals surface area contributed by atoms with Gasteiger partial charge in [-0.15, -0.1) is 0 Å². The second-order valence-electron chi connectivity index (χ2n) is 10.6. The Labute approximate surface area is 249 Å². The summed E-state index contributed by atoms with van der Waals surface area (Å²) in [5, 5.41) is 2.34. The molecule has 0 radical (unpaired) electrons. The predicted molar refractivity (Wildman–Crippen MR) is 176 cm³/mol. The summed E-state index contributed by atoms with van der Waals surface area (Å²) in [7, 11) is 0. The first-order valence-corrected chi connectivity index (χ1v) is 14.4. The summed E-state index contributed by atoms with van der Waals surface area (Å²) in [5.41, 5.74) is 11.6. The van der Waals surface area contributed by atoms with E-state index in [0.29, 0.717) is 0 Å². The van der Waals surface area contributed by atoms with E-state index in [9.17, 15) is 0 Å². The lowest BCUT2D eigenvalue weighted by atomic mass is 9.98.